The first-order valence-electron chi connectivity index (χ1n) is 12.8. The van der Waals surface area contributed by atoms with Crippen LogP contribution >= 0.6 is 15.9 Å². The van der Waals surface area contributed by atoms with Gasteiger partial charge in [-0.25, -0.2) is 0 Å². The number of benzene rings is 6. The standard InChI is InChI=1S/C36H24BrN/c37-34-17-9-7-15-31(34)27-19-20-33-32-16-8-10-18-35(32)38(36(33)24-27)30-22-28(25-11-3-1-4-12-25)21-29(23-30)26-13-5-2-6-14-26/h1-24H. The fourth-order valence-electron chi connectivity index (χ4n) is 5.45. The van der Waals surface area contributed by atoms with Gasteiger partial charge in [-0.2, -0.15) is 0 Å². The molecule has 0 N–H and O–H groups in total. The fourth-order valence-corrected chi connectivity index (χ4v) is 5.96. The minimum atomic E-state index is 1.10. The van der Waals surface area contributed by atoms with Crippen molar-refractivity contribution in [2.75, 3.05) is 0 Å². The average Bonchev–Trinajstić information content (AvgIpc) is 3.32. The second-order valence-electron chi connectivity index (χ2n) is 9.56. The molecule has 0 spiro atoms. The zero-order valence-corrected chi connectivity index (χ0v) is 22.3. The van der Waals surface area contributed by atoms with E-state index in [-0.39, 0.29) is 0 Å². The van der Waals surface area contributed by atoms with Gasteiger partial charge in [0.25, 0.3) is 0 Å². The maximum atomic E-state index is 3.76. The number of fused-ring (bicyclic) bond motifs is 3. The van der Waals surface area contributed by atoms with Crippen molar-refractivity contribution in [2.45, 2.75) is 0 Å². The molecule has 38 heavy (non-hydrogen) atoms. The number of rotatable bonds is 4. The van der Waals surface area contributed by atoms with E-state index in [9.17, 15) is 0 Å². The Bertz CT molecular complexity index is 1860. The molecule has 0 fully saturated rings. The second-order valence-corrected chi connectivity index (χ2v) is 10.4. The van der Waals surface area contributed by atoms with Gasteiger partial charge in [0.1, 0.15) is 0 Å². The number of aromatic nitrogens is 1. The predicted octanol–water partition coefficient (Wildman–Crippen LogP) is 10.5. The molecule has 1 aromatic heterocycles. The molecule has 0 saturated carbocycles. The Balaban J connectivity index is 1.55. The molecule has 1 heterocycles. The summed E-state index contributed by atoms with van der Waals surface area (Å²) in [6.07, 6.45) is 0. The van der Waals surface area contributed by atoms with Gasteiger partial charge in [-0.3, -0.25) is 0 Å². The van der Waals surface area contributed by atoms with Crippen molar-refractivity contribution >= 4 is 37.7 Å². The zero-order chi connectivity index (χ0) is 25.5. The highest BCUT2D eigenvalue weighted by Gasteiger charge is 2.16. The highest BCUT2D eigenvalue weighted by Crippen LogP contribution is 2.38. The summed E-state index contributed by atoms with van der Waals surface area (Å²) in [6.45, 7) is 0. The van der Waals surface area contributed by atoms with Crippen LogP contribution in [0.5, 0.6) is 0 Å². The van der Waals surface area contributed by atoms with Crippen LogP contribution in [0.25, 0.3) is 60.9 Å². The van der Waals surface area contributed by atoms with Crippen molar-refractivity contribution in [3.63, 3.8) is 0 Å². The molecule has 0 unspecified atom stereocenters. The van der Waals surface area contributed by atoms with Crippen molar-refractivity contribution in [2.24, 2.45) is 0 Å². The highest BCUT2D eigenvalue weighted by molar-refractivity contribution is 9.10. The molecule has 2 heteroatoms. The van der Waals surface area contributed by atoms with Crippen molar-refractivity contribution in [1.82, 2.24) is 4.57 Å². The molecular weight excluding hydrogens is 526 g/mol. The smallest absolute Gasteiger partial charge is 0.0547 e. The van der Waals surface area contributed by atoms with E-state index in [0.29, 0.717) is 0 Å². The van der Waals surface area contributed by atoms with Crippen LogP contribution in [0.2, 0.25) is 0 Å². The Morgan fingerprint density at radius 2 is 0.974 bits per heavy atom. The Labute approximate surface area is 230 Å². The van der Waals surface area contributed by atoms with E-state index in [2.05, 4.69) is 166 Å². The van der Waals surface area contributed by atoms with E-state index < -0.39 is 0 Å². The van der Waals surface area contributed by atoms with E-state index >= 15 is 0 Å². The van der Waals surface area contributed by atoms with Crippen LogP contribution in [0.3, 0.4) is 0 Å². The van der Waals surface area contributed by atoms with Crippen LogP contribution in [0.1, 0.15) is 0 Å². The van der Waals surface area contributed by atoms with E-state index in [4.69, 9.17) is 0 Å². The lowest BCUT2D eigenvalue weighted by Crippen LogP contribution is -1.96. The quantitative estimate of drug-likeness (QED) is 0.205. The minimum absolute atomic E-state index is 1.10. The van der Waals surface area contributed by atoms with Gasteiger partial charge in [-0.15, -0.1) is 0 Å². The minimum Gasteiger partial charge on any atom is -0.309 e. The van der Waals surface area contributed by atoms with Crippen LogP contribution < -0.4 is 0 Å². The number of halogens is 1. The summed E-state index contributed by atoms with van der Waals surface area (Å²) in [5, 5.41) is 2.51. The first kappa shape index (κ1) is 22.8. The third-order valence-electron chi connectivity index (χ3n) is 7.25. The summed E-state index contributed by atoms with van der Waals surface area (Å²) in [5.41, 5.74) is 10.8. The SMILES string of the molecule is Brc1ccccc1-c1ccc2c3ccccc3n(-c3cc(-c4ccccc4)cc(-c4ccccc4)c3)c2c1. The van der Waals surface area contributed by atoms with Gasteiger partial charge in [0.15, 0.2) is 0 Å². The Kier molecular flexibility index (Phi) is 5.68. The second kappa shape index (κ2) is 9.48. The summed E-state index contributed by atoms with van der Waals surface area (Å²) in [7, 11) is 0. The van der Waals surface area contributed by atoms with Gasteiger partial charge in [-0.1, -0.05) is 125 Å². The van der Waals surface area contributed by atoms with Gasteiger partial charge in [0.05, 0.1) is 11.0 Å². The van der Waals surface area contributed by atoms with Crippen LogP contribution in [-0.4, -0.2) is 4.57 Å². The predicted molar refractivity (Wildman–Crippen MR) is 165 cm³/mol. The molecule has 180 valence electrons. The number of para-hydroxylation sites is 1. The summed E-state index contributed by atoms with van der Waals surface area (Å²) in [6, 6.07) is 52.2. The fraction of sp³-hybridized carbons (Fsp3) is 0. The van der Waals surface area contributed by atoms with Crippen LogP contribution in [-0.2, 0) is 0 Å². The van der Waals surface area contributed by atoms with E-state index in [1.54, 1.807) is 0 Å². The Morgan fingerprint density at radius 3 is 1.66 bits per heavy atom. The van der Waals surface area contributed by atoms with Gasteiger partial charge >= 0.3 is 0 Å². The topological polar surface area (TPSA) is 4.93 Å². The number of hydrogen-bond acceptors (Lipinski definition) is 0. The molecule has 0 atom stereocenters. The molecule has 1 nitrogen and oxygen atoms in total. The summed E-state index contributed by atoms with van der Waals surface area (Å²) >= 11 is 3.76. The molecule has 0 aliphatic heterocycles. The molecule has 0 radical (unpaired) electrons. The lowest BCUT2D eigenvalue weighted by Gasteiger charge is -2.14. The van der Waals surface area contributed by atoms with E-state index in [1.165, 1.54) is 55.2 Å². The lowest BCUT2D eigenvalue weighted by molar-refractivity contribution is 1.18. The number of nitrogens with zero attached hydrogens (tertiary/aromatic N) is 1. The largest absolute Gasteiger partial charge is 0.309 e. The van der Waals surface area contributed by atoms with Crippen molar-refractivity contribution < 1.29 is 0 Å². The first-order valence-corrected chi connectivity index (χ1v) is 13.6. The normalized spacial score (nSPS) is 11.3. The molecule has 0 aliphatic rings. The highest BCUT2D eigenvalue weighted by atomic mass is 79.9. The zero-order valence-electron chi connectivity index (χ0n) is 20.7. The third-order valence-corrected chi connectivity index (χ3v) is 7.94. The molecule has 0 aliphatic carbocycles. The molecule has 7 aromatic rings. The molecule has 7 rings (SSSR count). The maximum absolute atomic E-state index is 3.76. The van der Waals surface area contributed by atoms with Crippen LogP contribution in [0, 0.1) is 0 Å². The van der Waals surface area contributed by atoms with Gasteiger partial charge in [-0.05, 0) is 69.8 Å². The Hall–Kier alpha value is -4.40. The van der Waals surface area contributed by atoms with E-state index in [1.807, 2.05) is 0 Å². The summed E-state index contributed by atoms with van der Waals surface area (Å²) < 4.78 is 3.52. The average molecular weight is 550 g/mol. The third kappa shape index (κ3) is 3.95. The van der Waals surface area contributed by atoms with Crippen molar-refractivity contribution in [3.8, 4) is 39.1 Å². The molecule has 6 aromatic carbocycles. The van der Waals surface area contributed by atoms with Gasteiger partial charge in [0.2, 0.25) is 0 Å². The van der Waals surface area contributed by atoms with Crippen LogP contribution in [0.4, 0.5) is 0 Å². The Morgan fingerprint density at radius 1 is 0.395 bits per heavy atom. The van der Waals surface area contributed by atoms with Crippen molar-refractivity contribution in [3.05, 3.63) is 150 Å². The summed E-state index contributed by atoms with van der Waals surface area (Å²) in [5.74, 6) is 0. The molecule has 0 amide bonds. The molecule has 0 bridgehead atoms. The lowest BCUT2D eigenvalue weighted by atomic mass is 9.98. The van der Waals surface area contributed by atoms with Crippen molar-refractivity contribution in [1.29, 1.82) is 0 Å². The number of hydrogen-bond donors (Lipinski definition) is 0. The maximum Gasteiger partial charge on any atom is 0.0547 e. The van der Waals surface area contributed by atoms with Gasteiger partial charge in [0, 0.05) is 20.9 Å². The molecular formula is C36H24BrN. The first-order chi connectivity index (χ1) is 18.8. The monoisotopic (exact) mass is 549 g/mol. The molecule has 0 saturated heterocycles. The summed E-state index contributed by atoms with van der Waals surface area (Å²) in [4.78, 5) is 0. The van der Waals surface area contributed by atoms with Gasteiger partial charge < -0.3 is 4.57 Å². The van der Waals surface area contributed by atoms with E-state index in [0.717, 1.165) is 10.2 Å². The van der Waals surface area contributed by atoms with Crippen LogP contribution in [0.15, 0.2) is 150 Å².